The Hall–Kier alpha value is -1.59. The average Bonchev–Trinajstić information content (AvgIpc) is 2.03. The topological polar surface area (TPSA) is 92.7 Å². The van der Waals surface area contributed by atoms with Gasteiger partial charge in [0.2, 0.25) is 0 Å². The Labute approximate surface area is 74.4 Å². The maximum absolute atomic E-state index is 10.7. The smallest absolute Gasteiger partial charge is 0.317 e. The lowest BCUT2D eigenvalue weighted by atomic mass is 10.2. The van der Waals surface area contributed by atoms with Crippen molar-refractivity contribution in [3.8, 4) is 0 Å². The predicted molar refractivity (Wildman–Crippen MR) is 37.1 cm³/mol. The summed E-state index contributed by atoms with van der Waals surface area (Å²) in [5.74, 6) is -4.86. The van der Waals surface area contributed by atoms with Crippen LogP contribution in [0.25, 0.3) is 0 Å². The number of aliphatic carboxylic acids is 1. The number of hydrogen-bond donors (Lipinski definition) is 0. The SMILES string of the molecule is COC(=O)C(COC(C)=O)C(=O)[O-]. The highest BCUT2D eigenvalue weighted by molar-refractivity contribution is 5.93. The summed E-state index contributed by atoms with van der Waals surface area (Å²) in [7, 11) is 1.03. The Morgan fingerprint density at radius 3 is 2.23 bits per heavy atom. The zero-order valence-corrected chi connectivity index (χ0v) is 7.23. The van der Waals surface area contributed by atoms with E-state index in [9.17, 15) is 19.5 Å². The van der Waals surface area contributed by atoms with E-state index < -0.39 is 30.4 Å². The zero-order valence-electron chi connectivity index (χ0n) is 7.23. The van der Waals surface area contributed by atoms with Crippen molar-refractivity contribution in [3.63, 3.8) is 0 Å². The highest BCUT2D eigenvalue weighted by atomic mass is 16.5. The second-order valence-electron chi connectivity index (χ2n) is 2.20. The molecule has 74 valence electrons. The van der Waals surface area contributed by atoms with Crippen molar-refractivity contribution in [1.82, 2.24) is 0 Å². The molecule has 0 spiro atoms. The fraction of sp³-hybridized carbons (Fsp3) is 0.571. The number of hydrogen-bond acceptors (Lipinski definition) is 6. The Kier molecular flexibility index (Phi) is 4.50. The average molecular weight is 189 g/mol. The van der Waals surface area contributed by atoms with Crippen molar-refractivity contribution in [2.45, 2.75) is 6.92 Å². The Bertz CT molecular complexity index is 221. The maximum Gasteiger partial charge on any atom is 0.317 e. The normalized spacial score (nSPS) is 11.5. The van der Waals surface area contributed by atoms with Crippen LogP contribution in [0.5, 0.6) is 0 Å². The molecule has 0 heterocycles. The third kappa shape index (κ3) is 4.09. The Morgan fingerprint density at radius 1 is 1.38 bits per heavy atom. The summed E-state index contributed by atoms with van der Waals surface area (Å²) in [6.45, 7) is 0.536. The fourth-order valence-corrected chi connectivity index (χ4v) is 0.575. The minimum atomic E-state index is -1.63. The Morgan fingerprint density at radius 2 is 1.92 bits per heavy atom. The standard InChI is InChI=1S/C7H10O6/c1-4(8)13-3-5(6(9)10)7(11)12-2/h5H,3H2,1-2H3,(H,9,10)/p-1. The number of carbonyl (C=O) groups excluding carboxylic acids is 3. The summed E-state index contributed by atoms with van der Waals surface area (Å²) < 4.78 is 8.48. The first-order valence-corrected chi connectivity index (χ1v) is 3.41. The van der Waals surface area contributed by atoms with Crippen LogP contribution >= 0.6 is 0 Å². The van der Waals surface area contributed by atoms with Crippen LogP contribution in [0.3, 0.4) is 0 Å². The van der Waals surface area contributed by atoms with Crippen molar-refractivity contribution in [3.05, 3.63) is 0 Å². The van der Waals surface area contributed by atoms with E-state index in [0.29, 0.717) is 0 Å². The number of ether oxygens (including phenoxy) is 2. The molecule has 0 radical (unpaired) electrons. The fourth-order valence-electron chi connectivity index (χ4n) is 0.575. The molecule has 1 atom stereocenters. The van der Waals surface area contributed by atoms with Crippen LogP contribution in [0.2, 0.25) is 0 Å². The van der Waals surface area contributed by atoms with E-state index in [1.54, 1.807) is 0 Å². The highest BCUT2D eigenvalue weighted by Crippen LogP contribution is 1.99. The molecule has 13 heavy (non-hydrogen) atoms. The monoisotopic (exact) mass is 189 g/mol. The number of carboxylic acids is 1. The summed E-state index contributed by atoms with van der Waals surface area (Å²) >= 11 is 0. The lowest BCUT2D eigenvalue weighted by Crippen LogP contribution is -2.40. The number of carbonyl (C=O) groups is 3. The zero-order chi connectivity index (χ0) is 10.4. The molecule has 0 bridgehead atoms. The van der Waals surface area contributed by atoms with Gasteiger partial charge in [0, 0.05) is 6.92 Å². The molecule has 0 aromatic rings. The van der Waals surface area contributed by atoms with Crippen LogP contribution in [0.15, 0.2) is 0 Å². The van der Waals surface area contributed by atoms with Gasteiger partial charge in [-0.2, -0.15) is 0 Å². The predicted octanol–water partition coefficient (Wildman–Crippen LogP) is -1.91. The molecule has 1 unspecified atom stereocenters. The van der Waals surface area contributed by atoms with Gasteiger partial charge < -0.3 is 19.4 Å². The van der Waals surface area contributed by atoms with E-state index in [0.717, 1.165) is 14.0 Å². The minimum absolute atomic E-state index is 0.565. The highest BCUT2D eigenvalue weighted by Gasteiger charge is 2.21. The minimum Gasteiger partial charge on any atom is -0.549 e. The van der Waals surface area contributed by atoms with E-state index in [1.807, 2.05) is 0 Å². The van der Waals surface area contributed by atoms with Crippen molar-refractivity contribution in [1.29, 1.82) is 0 Å². The van der Waals surface area contributed by atoms with Crippen LogP contribution < -0.4 is 5.11 Å². The maximum atomic E-state index is 10.7. The summed E-state index contributed by atoms with van der Waals surface area (Å²) in [6, 6.07) is 0. The van der Waals surface area contributed by atoms with Crippen molar-refractivity contribution >= 4 is 17.9 Å². The van der Waals surface area contributed by atoms with Gasteiger partial charge in [0.05, 0.1) is 13.1 Å². The number of methoxy groups -OCH3 is 1. The first kappa shape index (κ1) is 11.4. The number of rotatable bonds is 4. The molecular formula is C7H9O6-. The summed E-state index contributed by atoms with van der Waals surface area (Å²) in [5, 5.41) is 10.3. The summed E-state index contributed by atoms with van der Waals surface area (Å²) in [5.41, 5.74) is 0. The molecular weight excluding hydrogens is 180 g/mol. The Balaban J connectivity index is 4.18. The molecule has 0 aliphatic carbocycles. The van der Waals surface area contributed by atoms with Gasteiger partial charge in [0.15, 0.2) is 0 Å². The molecule has 0 aromatic carbocycles. The lowest BCUT2D eigenvalue weighted by molar-refractivity contribution is -0.311. The lowest BCUT2D eigenvalue weighted by Gasteiger charge is -2.14. The van der Waals surface area contributed by atoms with Crippen LogP contribution in [-0.2, 0) is 23.9 Å². The van der Waals surface area contributed by atoms with E-state index in [1.165, 1.54) is 0 Å². The van der Waals surface area contributed by atoms with E-state index in [4.69, 9.17) is 0 Å². The van der Waals surface area contributed by atoms with Crippen molar-refractivity contribution in [2.24, 2.45) is 5.92 Å². The van der Waals surface area contributed by atoms with Gasteiger partial charge in [0.25, 0.3) is 0 Å². The number of carboxylic acid groups (broad SMARTS) is 1. The second-order valence-corrected chi connectivity index (χ2v) is 2.20. The molecule has 0 aliphatic heterocycles. The van der Waals surface area contributed by atoms with E-state index in [-0.39, 0.29) is 0 Å². The molecule has 0 fully saturated rings. The van der Waals surface area contributed by atoms with Crippen molar-refractivity contribution in [2.75, 3.05) is 13.7 Å². The molecule has 0 aromatic heterocycles. The van der Waals surface area contributed by atoms with Crippen LogP contribution in [0.1, 0.15) is 6.92 Å². The van der Waals surface area contributed by atoms with Gasteiger partial charge >= 0.3 is 11.9 Å². The number of esters is 2. The van der Waals surface area contributed by atoms with E-state index >= 15 is 0 Å². The molecule has 0 amide bonds. The summed E-state index contributed by atoms with van der Waals surface area (Å²) in [6.07, 6.45) is 0. The van der Waals surface area contributed by atoms with Crippen molar-refractivity contribution < 1.29 is 29.0 Å². The first-order valence-electron chi connectivity index (χ1n) is 3.41. The molecule has 0 saturated carbocycles. The van der Waals surface area contributed by atoms with Crippen LogP contribution in [0, 0.1) is 5.92 Å². The van der Waals surface area contributed by atoms with Gasteiger partial charge in [-0.1, -0.05) is 0 Å². The first-order chi connectivity index (χ1) is 5.99. The molecule has 0 aliphatic rings. The van der Waals surface area contributed by atoms with Crippen LogP contribution in [-0.4, -0.2) is 31.6 Å². The largest absolute Gasteiger partial charge is 0.549 e. The molecule has 0 N–H and O–H groups in total. The molecule has 6 heteroatoms. The molecule has 6 nitrogen and oxygen atoms in total. The van der Waals surface area contributed by atoms with Gasteiger partial charge in [-0.15, -0.1) is 0 Å². The van der Waals surface area contributed by atoms with Crippen LogP contribution in [0.4, 0.5) is 0 Å². The van der Waals surface area contributed by atoms with Gasteiger partial charge in [-0.05, 0) is 0 Å². The van der Waals surface area contributed by atoms with Gasteiger partial charge in [-0.3, -0.25) is 9.59 Å². The summed E-state index contributed by atoms with van der Waals surface area (Å²) in [4.78, 5) is 31.3. The molecule has 0 rings (SSSR count). The quantitative estimate of drug-likeness (QED) is 0.378. The third-order valence-corrected chi connectivity index (χ3v) is 1.22. The molecule has 0 saturated heterocycles. The van der Waals surface area contributed by atoms with Gasteiger partial charge in [-0.25, -0.2) is 0 Å². The second kappa shape index (κ2) is 5.13. The van der Waals surface area contributed by atoms with E-state index in [2.05, 4.69) is 9.47 Å². The third-order valence-electron chi connectivity index (χ3n) is 1.22. The van der Waals surface area contributed by atoms with Gasteiger partial charge in [0.1, 0.15) is 12.5 Å².